The number of hydrogen-bond acceptors (Lipinski definition) is 5. The number of carbonyl (C=O) groups excluding carboxylic acids is 1. The Morgan fingerprint density at radius 2 is 2.08 bits per heavy atom. The lowest BCUT2D eigenvalue weighted by molar-refractivity contribution is -0.274. The molecule has 0 spiro atoms. The molecule has 0 bridgehead atoms. The first-order chi connectivity index (χ1) is 11.3. The Morgan fingerprint density at radius 3 is 2.71 bits per heavy atom. The molecular formula is C15H15F3N4O2. The molecule has 9 heteroatoms. The van der Waals surface area contributed by atoms with Gasteiger partial charge in [0, 0.05) is 24.5 Å². The van der Waals surface area contributed by atoms with E-state index < -0.39 is 12.4 Å². The maximum absolute atomic E-state index is 12.3. The second-order valence-electron chi connectivity index (χ2n) is 5.49. The lowest BCUT2D eigenvalue weighted by Gasteiger charge is -2.33. The van der Waals surface area contributed by atoms with Crippen molar-refractivity contribution in [1.82, 2.24) is 14.9 Å². The van der Waals surface area contributed by atoms with Gasteiger partial charge in [0.1, 0.15) is 23.9 Å². The van der Waals surface area contributed by atoms with Crippen LogP contribution in [0.25, 0.3) is 10.9 Å². The van der Waals surface area contributed by atoms with E-state index in [9.17, 15) is 18.0 Å². The molecule has 0 unspecified atom stereocenters. The molecule has 0 radical (unpaired) electrons. The van der Waals surface area contributed by atoms with Gasteiger partial charge in [-0.15, -0.1) is 13.2 Å². The molecule has 1 aromatic heterocycles. The molecule has 1 aromatic carbocycles. The number of alkyl halides is 3. The van der Waals surface area contributed by atoms with Crippen molar-refractivity contribution >= 4 is 22.6 Å². The van der Waals surface area contributed by atoms with Crippen LogP contribution in [0.1, 0.15) is 13.3 Å². The average molecular weight is 340 g/mol. The summed E-state index contributed by atoms with van der Waals surface area (Å²) < 4.78 is 40.7. The number of ether oxygens (including phenoxy) is 1. The summed E-state index contributed by atoms with van der Waals surface area (Å²) in [4.78, 5) is 21.9. The Bertz CT molecular complexity index is 762. The van der Waals surface area contributed by atoms with E-state index in [1.165, 1.54) is 24.5 Å². The first-order valence-electron chi connectivity index (χ1n) is 7.39. The fraction of sp³-hybridized carbons (Fsp3) is 0.400. The number of halogens is 3. The van der Waals surface area contributed by atoms with E-state index in [0.29, 0.717) is 11.2 Å². The molecular weight excluding hydrogens is 325 g/mol. The molecule has 3 rings (SSSR count). The summed E-state index contributed by atoms with van der Waals surface area (Å²) in [6.45, 7) is 3.21. The number of carbonyl (C=O) groups is 1. The molecule has 1 fully saturated rings. The minimum absolute atomic E-state index is 0.0370. The van der Waals surface area contributed by atoms with E-state index in [-0.39, 0.29) is 17.2 Å². The van der Waals surface area contributed by atoms with Crippen molar-refractivity contribution in [3.05, 3.63) is 24.5 Å². The van der Waals surface area contributed by atoms with Crippen LogP contribution >= 0.6 is 0 Å². The number of anilines is 1. The minimum Gasteiger partial charge on any atom is -0.406 e. The highest BCUT2D eigenvalue weighted by Gasteiger charge is 2.31. The highest BCUT2D eigenvalue weighted by molar-refractivity contribution is 5.92. The van der Waals surface area contributed by atoms with Gasteiger partial charge in [-0.25, -0.2) is 9.97 Å². The number of nitrogens with one attached hydrogen (secondary N) is 1. The SMILES string of the molecule is C[C@@H](Nc1ncnc2cc(OC(F)(F)F)ccc12)C(=O)N1CCC1. The van der Waals surface area contributed by atoms with Gasteiger partial charge in [-0.05, 0) is 25.5 Å². The summed E-state index contributed by atoms with van der Waals surface area (Å²) in [6, 6.07) is 3.30. The standard InChI is InChI=1S/C15H15F3N4O2/c1-9(14(23)22-5-2-6-22)21-13-11-4-3-10(24-15(16,17)18)7-12(11)19-8-20-13/h3-4,7-9H,2,5-6H2,1H3,(H,19,20,21)/t9-/m1/s1. The quantitative estimate of drug-likeness (QED) is 0.926. The third kappa shape index (κ3) is 3.50. The molecule has 1 atom stereocenters. The lowest BCUT2D eigenvalue weighted by Crippen LogP contribution is -2.48. The zero-order valence-electron chi connectivity index (χ0n) is 12.8. The monoisotopic (exact) mass is 340 g/mol. The average Bonchev–Trinajstić information content (AvgIpc) is 2.43. The van der Waals surface area contributed by atoms with Gasteiger partial charge in [-0.2, -0.15) is 0 Å². The largest absolute Gasteiger partial charge is 0.573 e. The summed E-state index contributed by atoms with van der Waals surface area (Å²) >= 11 is 0. The summed E-state index contributed by atoms with van der Waals surface area (Å²) in [5, 5.41) is 3.51. The fourth-order valence-electron chi connectivity index (χ4n) is 2.43. The molecule has 24 heavy (non-hydrogen) atoms. The van der Waals surface area contributed by atoms with Gasteiger partial charge in [0.15, 0.2) is 0 Å². The van der Waals surface area contributed by atoms with Gasteiger partial charge in [0.2, 0.25) is 5.91 Å². The highest BCUT2D eigenvalue weighted by Crippen LogP contribution is 2.28. The van der Waals surface area contributed by atoms with Crippen molar-refractivity contribution in [1.29, 1.82) is 0 Å². The number of rotatable bonds is 4. The summed E-state index contributed by atoms with van der Waals surface area (Å²) in [7, 11) is 0. The van der Waals surface area contributed by atoms with Crippen LogP contribution in [0.3, 0.4) is 0 Å². The van der Waals surface area contributed by atoms with Crippen LogP contribution in [-0.2, 0) is 4.79 Å². The predicted molar refractivity (Wildman–Crippen MR) is 80.5 cm³/mol. The van der Waals surface area contributed by atoms with Crippen molar-refractivity contribution in [2.45, 2.75) is 25.7 Å². The molecule has 1 N–H and O–H groups in total. The van der Waals surface area contributed by atoms with Crippen molar-refractivity contribution in [2.24, 2.45) is 0 Å². The van der Waals surface area contributed by atoms with E-state index in [0.717, 1.165) is 19.5 Å². The Hall–Kier alpha value is -2.58. The number of fused-ring (bicyclic) bond motifs is 1. The van der Waals surface area contributed by atoms with E-state index >= 15 is 0 Å². The maximum atomic E-state index is 12.3. The van der Waals surface area contributed by atoms with Crippen molar-refractivity contribution in [3.63, 3.8) is 0 Å². The molecule has 0 aliphatic carbocycles. The normalized spacial score (nSPS) is 15.8. The number of amides is 1. The van der Waals surface area contributed by atoms with Gasteiger partial charge in [0.05, 0.1) is 5.52 Å². The van der Waals surface area contributed by atoms with E-state index in [1.54, 1.807) is 11.8 Å². The van der Waals surface area contributed by atoms with Crippen LogP contribution < -0.4 is 10.1 Å². The molecule has 0 saturated carbocycles. The molecule has 2 aromatic rings. The minimum atomic E-state index is -4.76. The van der Waals surface area contributed by atoms with Crippen LogP contribution in [-0.4, -0.2) is 46.3 Å². The van der Waals surface area contributed by atoms with Crippen molar-refractivity contribution in [3.8, 4) is 5.75 Å². The first kappa shape index (κ1) is 16.3. The molecule has 1 amide bonds. The lowest BCUT2D eigenvalue weighted by atomic mass is 10.1. The Morgan fingerprint density at radius 1 is 1.33 bits per heavy atom. The maximum Gasteiger partial charge on any atom is 0.573 e. The van der Waals surface area contributed by atoms with E-state index in [2.05, 4.69) is 20.0 Å². The number of benzene rings is 1. The predicted octanol–water partition coefficient (Wildman–Crippen LogP) is 2.56. The van der Waals surface area contributed by atoms with Gasteiger partial charge < -0.3 is 15.0 Å². The summed E-state index contributed by atoms with van der Waals surface area (Å²) in [5.41, 5.74) is 0.290. The van der Waals surface area contributed by atoms with E-state index in [4.69, 9.17) is 0 Å². The molecule has 2 heterocycles. The third-order valence-electron chi connectivity index (χ3n) is 3.73. The second kappa shape index (κ2) is 6.14. The zero-order chi connectivity index (χ0) is 17.3. The topological polar surface area (TPSA) is 67.4 Å². The Balaban J connectivity index is 1.82. The Labute approximate surface area is 135 Å². The van der Waals surface area contributed by atoms with Crippen LogP contribution in [0, 0.1) is 0 Å². The zero-order valence-corrected chi connectivity index (χ0v) is 12.8. The van der Waals surface area contributed by atoms with Gasteiger partial charge in [-0.1, -0.05) is 0 Å². The molecule has 1 aliphatic rings. The van der Waals surface area contributed by atoms with Crippen LogP contribution in [0.2, 0.25) is 0 Å². The molecule has 6 nitrogen and oxygen atoms in total. The molecule has 1 saturated heterocycles. The van der Waals surface area contributed by atoms with Crippen LogP contribution in [0.15, 0.2) is 24.5 Å². The smallest absolute Gasteiger partial charge is 0.406 e. The molecule has 1 aliphatic heterocycles. The highest BCUT2D eigenvalue weighted by atomic mass is 19.4. The fourth-order valence-corrected chi connectivity index (χ4v) is 2.43. The third-order valence-corrected chi connectivity index (χ3v) is 3.73. The number of nitrogens with zero attached hydrogens (tertiary/aromatic N) is 3. The number of aromatic nitrogens is 2. The summed E-state index contributed by atoms with van der Waals surface area (Å²) in [6.07, 6.45) is -2.54. The van der Waals surface area contributed by atoms with Gasteiger partial charge >= 0.3 is 6.36 Å². The molecule has 128 valence electrons. The first-order valence-corrected chi connectivity index (χ1v) is 7.39. The van der Waals surface area contributed by atoms with Crippen molar-refractivity contribution in [2.75, 3.05) is 18.4 Å². The number of likely N-dealkylation sites (tertiary alicyclic amines) is 1. The number of hydrogen-bond donors (Lipinski definition) is 1. The van der Waals surface area contributed by atoms with E-state index in [1.807, 2.05) is 0 Å². The van der Waals surface area contributed by atoms with Crippen LogP contribution in [0.4, 0.5) is 19.0 Å². The summed E-state index contributed by atoms with van der Waals surface area (Å²) in [5.74, 6) is -0.00526. The van der Waals surface area contributed by atoms with Crippen molar-refractivity contribution < 1.29 is 22.7 Å². The van der Waals surface area contributed by atoms with Gasteiger partial charge in [-0.3, -0.25) is 4.79 Å². The van der Waals surface area contributed by atoms with Gasteiger partial charge in [0.25, 0.3) is 0 Å². The van der Waals surface area contributed by atoms with Crippen LogP contribution in [0.5, 0.6) is 5.75 Å². The second-order valence-corrected chi connectivity index (χ2v) is 5.49. The Kier molecular flexibility index (Phi) is 4.16.